The molecule has 3 rings (SSSR count). The predicted octanol–water partition coefficient (Wildman–Crippen LogP) is 2.83. The lowest BCUT2D eigenvalue weighted by molar-refractivity contribution is -0.114. The van der Waals surface area contributed by atoms with E-state index in [0.717, 1.165) is 30.2 Å². The highest BCUT2D eigenvalue weighted by Crippen LogP contribution is 2.27. The van der Waals surface area contributed by atoms with Gasteiger partial charge in [-0.25, -0.2) is 0 Å². The number of thioether (sulfide) groups is 1. The fraction of sp³-hybridized carbons (Fsp3) is 0.375. The number of hydrogen-bond acceptors (Lipinski definition) is 6. The lowest BCUT2D eigenvalue weighted by atomic mass is 9.90. The Bertz CT molecular complexity index is 742. The topological polar surface area (TPSA) is 85.1 Å². The van der Waals surface area contributed by atoms with Crippen LogP contribution in [-0.4, -0.2) is 27.0 Å². The predicted molar refractivity (Wildman–Crippen MR) is 88.1 cm³/mol. The fourth-order valence-electron chi connectivity index (χ4n) is 2.58. The molecule has 1 aliphatic carbocycles. The van der Waals surface area contributed by atoms with Crippen molar-refractivity contribution >= 4 is 28.8 Å². The molecule has 0 saturated carbocycles. The summed E-state index contributed by atoms with van der Waals surface area (Å²) in [5, 5.41) is 10.2. The van der Waals surface area contributed by atoms with Crippen LogP contribution in [0.3, 0.4) is 0 Å². The number of aryl methyl sites for hydroxylation is 2. The molecule has 0 unspecified atom stereocenters. The molecule has 2 aromatic rings. The van der Waals surface area contributed by atoms with Gasteiger partial charge in [0.15, 0.2) is 5.12 Å². The van der Waals surface area contributed by atoms with E-state index in [4.69, 9.17) is 4.42 Å². The van der Waals surface area contributed by atoms with Crippen LogP contribution in [0.5, 0.6) is 0 Å². The highest BCUT2D eigenvalue weighted by atomic mass is 32.2. The van der Waals surface area contributed by atoms with Crippen molar-refractivity contribution in [3.05, 3.63) is 29.3 Å². The zero-order valence-electron chi connectivity index (χ0n) is 12.8. The lowest BCUT2D eigenvalue weighted by Crippen LogP contribution is -2.15. The molecular weight excluding hydrogens is 314 g/mol. The van der Waals surface area contributed by atoms with E-state index in [1.165, 1.54) is 30.9 Å². The molecule has 0 atom stereocenters. The molecule has 1 aromatic carbocycles. The molecule has 0 fully saturated rings. The molecular formula is C16H17N3O3S. The van der Waals surface area contributed by atoms with E-state index in [1.807, 2.05) is 6.07 Å². The number of anilines is 1. The summed E-state index contributed by atoms with van der Waals surface area (Å²) in [6.07, 6.45) is 4.63. The number of amides is 1. The normalized spacial score (nSPS) is 13.4. The first-order valence-corrected chi connectivity index (χ1v) is 8.49. The Morgan fingerprint density at radius 1 is 1.22 bits per heavy atom. The molecule has 0 spiro atoms. The molecule has 0 saturated heterocycles. The minimum absolute atomic E-state index is 0.0336. The second kappa shape index (κ2) is 6.95. The van der Waals surface area contributed by atoms with E-state index in [1.54, 1.807) is 0 Å². The van der Waals surface area contributed by atoms with Crippen LogP contribution in [0.25, 0.3) is 11.5 Å². The number of fused-ring (bicyclic) bond motifs is 1. The molecule has 6 nitrogen and oxygen atoms in total. The SMILES string of the molecule is CC(=O)SCC(=O)Nc1nnc(-c2ccc3c(c2)CCCC3)o1. The van der Waals surface area contributed by atoms with Gasteiger partial charge in [0.25, 0.3) is 0 Å². The largest absolute Gasteiger partial charge is 0.403 e. The van der Waals surface area contributed by atoms with E-state index in [2.05, 4.69) is 27.6 Å². The van der Waals surface area contributed by atoms with Gasteiger partial charge in [0, 0.05) is 12.5 Å². The summed E-state index contributed by atoms with van der Waals surface area (Å²) in [5.41, 5.74) is 3.57. The van der Waals surface area contributed by atoms with Crippen molar-refractivity contribution in [3.8, 4) is 11.5 Å². The van der Waals surface area contributed by atoms with Gasteiger partial charge in [-0.2, -0.15) is 0 Å². The first kappa shape index (κ1) is 15.7. The van der Waals surface area contributed by atoms with E-state index in [9.17, 15) is 9.59 Å². The van der Waals surface area contributed by atoms with Crippen LogP contribution < -0.4 is 5.32 Å². The van der Waals surface area contributed by atoms with E-state index in [0.29, 0.717) is 5.89 Å². The van der Waals surface area contributed by atoms with Gasteiger partial charge < -0.3 is 4.42 Å². The van der Waals surface area contributed by atoms with Crippen molar-refractivity contribution < 1.29 is 14.0 Å². The van der Waals surface area contributed by atoms with Crippen LogP contribution in [0.15, 0.2) is 22.6 Å². The van der Waals surface area contributed by atoms with Crippen molar-refractivity contribution in [1.82, 2.24) is 10.2 Å². The second-order valence-electron chi connectivity index (χ2n) is 5.43. The van der Waals surface area contributed by atoms with Gasteiger partial charge in [-0.1, -0.05) is 22.9 Å². The summed E-state index contributed by atoms with van der Waals surface area (Å²) in [6.45, 7) is 1.42. The molecule has 0 aliphatic heterocycles. The maximum Gasteiger partial charge on any atom is 0.322 e. The molecule has 1 N–H and O–H groups in total. The highest BCUT2D eigenvalue weighted by Gasteiger charge is 2.15. The van der Waals surface area contributed by atoms with Crippen LogP contribution in [0.2, 0.25) is 0 Å². The van der Waals surface area contributed by atoms with Crippen molar-refractivity contribution in [2.75, 3.05) is 11.1 Å². The molecule has 0 bridgehead atoms. The van der Waals surface area contributed by atoms with Crippen LogP contribution >= 0.6 is 11.8 Å². The third kappa shape index (κ3) is 3.98. The summed E-state index contributed by atoms with van der Waals surface area (Å²) < 4.78 is 5.49. The molecule has 7 heteroatoms. The number of nitrogens with one attached hydrogen (secondary N) is 1. The molecule has 1 aromatic heterocycles. The Kier molecular flexibility index (Phi) is 4.76. The van der Waals surface area contributed by atoms with E-state index < -0.39 is 0 Å². The van der Waals surface area contributed by atoms with Crippen LogP contribution in [0.4, 0.5) is 6.01 Å². The van der Waals surface area contributed by atoms with Crippen molar-refractivity contribution in [2.24, 2.45) is 0 Å². The zero-order chi connectivity index (χ0) is 16.2. The van der Waals surface area contributed by atoms with Gasteiger partial charge in [0.05, 0.1) is 5.75 Å². The monoisotopic (exact) mass is 331 g/mol. The first-order valence-electron chi connectivity index (χ1n) is 7.51. The van der Waals surface area contributed by atoms with Crippen LogP contribution in [-0.2, 0) is 22.4 Å². The fourth-order valence-corrected chi connectivity index (χ4v) is 2.99. The van der Waals surface area contributed by atoms with Gasteiger partial charge in [-0.3, -0.25) is 14.9 Å². The van der Waals surface area contributed by atoms with Gasteiger partial charge in [0.2, 0.25) is 11.8 Å². The Morgan fingerprint density at radius 2 is 2.00 bits per heavy atom. The minimum atomic E-state index is -0.342. The Hall–Kier alpha value is -2.15. The standard InChI is InChI=1S/C16H17N3O3S/c1-10(20)23-9-14(21)17-16-19-18-15(22-16)13-7-6-11-4-2-3-5-12(11)8-13/h6-8H,2-5,9H2,1H3,(H,17,19,21). The van der Waals surface area contributed by atoms with Gasteiger partial charge >= 0.3 is 6.01 Å². The van der Waals surface area contributed by atoms with Crippen molar-refractivity contribution in [1.29, 1.82) is 0 Å². The molecule has 0 radical (unpaired) electrons. The summed E-state index contributed by atoms with van der Waals surface area (Å²) in [6, 6.07) is 6.20. The summed E-state index contributed by atoms with van der Waals surface area (Å²) in [5.74, 6) is 0.0741. The number of benzene rings is 1. The Morgan fingerprint density at radius 3 is 2.78 bits per heavy atom. The maximum absolute atomic E-state index is 11.6. The van der Waals surface area contributed by atoms with Gasteiger partial charge in [-0.15, -0.1) is 5.10 Å². The summed E-state index contributed by atoms with van der Waals surface area (Å²) >= 11 is 0.936. The number of hydrogen-bond donors (Lipinski definition) is 1. The molecule has 23 heavy (non-hydrogen) atoms. The number of nitrogens with zero attached hydrogens (tertiary/aromatic N) is 2. The number of carbonyl (C=O) groups is 2. The minimum Gasteiger partial charge on any atom is -0.403 e. The maximum atomic E-state index is 11.6. The summed E-state index contributed by atoms with van der Waals surface area (Å²) in [7, 11) is 0. The Balaban J connectivity index is 1.69. The van der Waals surface area contributed by atoms with Gasteiger partial charge in [-0.05, 0) is 48.9 Å². The zero-order valence-corrected chi connectivity index (χ0v) is 13.6. The first-order chi connectivity index (χ1) is 11.1. The number of aromatic nitrogens is 2. The second-order valence-corrected chi connectivity index (χ2v) is 6.58. The van der Waals surface area contributed by atoms with Crippen LogP contribution in [0.1, 0.15) is 30.9 Å². The number of rotatable bonds is 4. The average molecular weight is 331 g/mol. The van der Waals surface area contributed by atoms with E-state index >= 15 is 0 Å². The van der Waals surface area contributed by atoms with Crippen molar-refractivity contribution in [2.45, 2.75) is 32.6 Å². The third-order valence-electron chi connectivity index (χ3n) is 3.67. The third-order valence-corrected chi connectivity index (χ3v) is 4.49. The quantitative estimate of drug-likeness (QED) is 0.927. The van der Waals surface area contributed by atoms with Crippen LogP contribution in [0, 0.1) is 0 Å². The van der Waals surface area contributed by atoms with Gasteiger partial charge in [0.1, 0.15) is 0 Å². The van der Waals surface area contributed by atoms with E-state index in [-0.39, 0.29) is 22.8 Å². The average Bonchev–Trinajstić information content (AvgIpc) is 3.01. The molecule has 120 valence electrons. The number of carbonyl (C=O) groups excluding carboxylic acids is 2. The molecule has 1 amide bonds. The highest BCUT2D eigenvalue weighted by molar-refractivity contribution is 8.14. The molecule has 1 heterocycles. The Labute approximate surface area is 138 Å². The smallest absolute Gasteiger partial charge is 0.322 e. The molecule has 1 aliphatic rings. The summed E-state index contributed by atoms with van der Waals surface area (Å²) in [4.78, 5) is 22.5. The lowest BCUT2D eigenvalue weighted by Gasteiger charge is -2.15. The van der Waals surface area contributed by atoms with Crippen molar-refractivity contribution in [3.63, 3.8) is 0 Å².